The van der Waals surface area contributed by atoms with Gasteiger partial charge in [0.1, 0.15) is 0 Å². The van der Waals surface area contributed by atoms with Crippen LogP contribution in [0.5, 0.6) is 0 Å². The molecule has 0 N–H and O–H groups in total. The van der Waals surface area contributed by atoms with Gasteiger partial charge in [-0.05, 0) is 0 Å². The summed E-state index contributed by atoms with van der Waals surface area (Å²) < 4.78 is -0.389. The van der Waals surface area contributed by atoms with Gasteiger partial charge in [-0.1, -0.05) is 0 Å². The molecule has 0 spiro atoms. The summed E-state index contributed by atoms with van der Waals surface area (Å²) in [4.78, 5) is 0. The molecule has 0 saturated heterocycles. The summed E-state index contributed by atoms with van der Waals surface area (Å²) in [7, 11) is 0. The topological polar surface area (TPSA) is 0 Å². The van der Waals surface area contributed by atoms with Crippen LogP contribution in [0.2, 0.25) is 0 Å². The van der Waals surface area contributed by atoms with Gasteiger partial charge >= 0.3 is 69.9 Å². The van der Waals surface area contributed by atoms with E-state index in [0.29, 0.717) is 0 Å². The summed E-state index contributed by atoms with van der Waals surface area (Å²) in [5.41, 5.74) is 0. The summed E-state index contributed by atoms with van der Waals surface area (Å²) in [5.74, 6) is 0. The minimum absolute atomic E-state index is 0. The van der Waals surface area contributed by atoms with E-state index in [1.807, 2.05) is 0 Å². The van der Waals surface area contributed by atoms with Gasteiger partial charge in [0.2, 0.25) is 0 Å². The molecule has 0 nitrogen and oxygen atoms in total. The number of hydrogen-bond acceptors (Lipinski definition) is 0. The molecule has 0 radical (unpaired) electrons. The molecule has 0 amide bonds. The maximum atomic E-state index is 2.30. The third kappa shape index (κ3) is 26.6. The first-order chi connectivity index (χ1) is 2.00. The van der Waals surface area contributed by atoms with E-state index in [0.717, 1.165) is 0 Å². The van der Waals surface area contributed by atoms with E-state index in [1.165, 1.54) is 0 Å². The van der Waals surface area contributed by atoms with Crippen molar-refractivity contribution in [1.82, 2.24) is 0 Å². The van der Waals surface area contributed by atoms with Gasteiger partial charge in [-0.25, -0.2) is 0 Å². The molecule has 6 heavy (non-hydrogen) atoms. The molecule has 0 aromatic carbocycles. The van der Waals surface area contributed by atoms with Crippen LogP contribution in [0.25, 0.3) is 0 Å². The normalized spacial score (nSPS) is 10.7. The average Bonchev–Trinajstić information content (AvgIpc) is 0.722. The standard InChI is InChI=1S/BrH.4Li.P/h1H;;;;;/q;;;;;+1/p-1. The van der Waals surface area contributed by atoms with Crippen molar-refractivity contribution in [2.75, 3.05) is 0 Å². The van der Waals surface area contributed by atoms with Crippen LogP contribution in [0.1, 0.15) is 0 Å². The molecule has 0 aliphatic carbocycles. The molecular formula is BrLi4P. The zero-order chi connectivity index (χ0) is 4.50. The summed E-state index contributed by atoms with van der Waals surface area (Å²) in [6, 6.07) is 0. The molecule has 0 rings (SSSR count). The predicted molar refractivity (Wildman–Crippen MR) is 29.9 cm³/mol. The van der Waals surface area contributed by atoms with Gasteiger partial charge in [-0.15, -0.1) is 0 Å². The van der Waals surface area contributed by atoms with Crippen molar-refractivity contribution >= 4 is 69.9 Å². The summed E-state index contributed by atoms with van der Waals surface area (Å²) >= 11 is 9.19. The van der Waals surface area contributed by atoms with Crippen LogP contribution < -0.4 is 17.0 Å². The second-order valence-corrected chi connectivity index (χ2v) is 8.05. The predicted octanol–water partition coefficient (Wildman–Crippen LogP) is -3.66. The first-order valence-electron chi connectivity index (χ1n) is 1.79. The Morgan fingerprint density at radius 2 is 0.833 bits per heavy atom. The van der Waals surface area contributed by atoms with Crippen LogP contribution in [-0.2, 0) is 0 Å². The van der Waals surface area contributed by atoms with Gasteiger partial charge < -0.3 is 17.0 Å². The van der Waals surface area contributed by atoms with Gasteiger partial charge in [0.25, 0.3) is 0 Å². The van der Waals surface area contributed by atoms with Crippen molar-refractivity contribution in [1.29, 1.82) is 0 Å². The SMILES string of the molecule is [Br-].[Li][P+]([Li])([Li])[Li]. The second-order valence-electron chi connectivity index (χ2n) is 2.68. The number of rotatable bonds is 0. The van der Waals surface area contributed by atoms with Crippen molar-refractivity contribution in [3.05, 3.63) is 0 Å². The van der Waals surface area contributed by atoms with Gasteiger partial charge in [-0.2, -0.15) is 0 Å². The Hall–Kier alpha value is 3.30. The molecule has 0 bridgehead atoms. The van der Waals surface area contributed by atoms with E-state index < -0.39 is 0 Å². The van der Waals surface area contributed by atoms with Crippen molar-refractivity contribution in [3.63, 3.8) is 0 Å². The molecule has 0 aliphatic rings. The van der Waals surface area contributed by atoms with Crippen molar-refractivity contribution in [3.8, 4) is 0 Å². The Morgan fingerprint density at radius 1 is 0.833 bits per heavy atom. The third-order valence-corrected chi connectivity index (χ3v) is 0. The Bertz CT molecular complexity index is 23.0. The fourth-order valence-corrected chi connectivity index (χ4v) is 0. The van der Waals surface area contributed by atoms with Crippen LogP contribution in [0.15, 0.2) is 0 Å². The van der Waals surface area contributed by atoms with E-state index in [4.69, 9.17) is 0 Å². The molecule has 0 heterocycles. The molecule has 0 saturated carbocycles. The zero-order valence-electron chi connectivity index (χ0n) is 4.83. The summed E-state index contributed by atoms with van der Waals surface area (Å²) in [5, 5.41) is 0. The Kier molecular flexibility index (Phi) is 10.2. The molecular weight excluding hydrogens is 139 g/mol. The van der Waals surface area contributed by atoms with E-state index in [-0.39, 0.29) is 17.9 Å². The fourth-order valence-electron chi connectivity index (χ4n) is 0. The third-order valence-electron chi connectivity index (χ3n) is 0. The van der Waals surface area contributed by atoms with Crippen molar-refractivity contribution in [2.45, 2.75) is 0 Å². The molecule has 0 aromatic rings. The van der Waals surface area contributed by atoms with Gasteiger partial charge in [0.15, 0.2) is 0 Å². The Balaban J connectivity index is 0. The first-order valence-corrected chi connectivity index (χ1v) is 5.37. The van der Waals surface area contributed by atoms with Crippen molar-refractivity contribution in [2.24, 2.45) is 0 Å². The zero-order valence-corrected chi connectivity index (χ0v) is 7.31. The fraction of sp³-hybridized carbons (Fsp3) is 0. The van der Waals surface area contributed by atoms with Gasteiger partial charge in [-0.3, -0.25) is 0 Å². The van der Waals surface area contributed by atoms with Gasteiger partial charge in [0.05, 0.1) is 0 Å². The maximum absolute atomic E-state index is 2.30. The van der Waals surface area contributed by atoms with Crippen LogP contribution >= 0.6 is 0.960 Å². The molecule has 0 atom stereocenters. The van der Waals surface area contributed by atoms with E-state index in [9.17, 15) is 0 Å². The minimum atomic E-state index is -0.389. The summed E-state index contributed by atoms with van der Waals surface area (Å²) in [6.45, 7) is 0. The number of hydrogen-bond donors (Lipinski definition) is 0. The van der Waals surface area contributed by atoms with E-state index in [2.05, 4.69) is 69.0 Å². The molecule has 0 fully saturated rings. The average molecular weight is 139 g/mol. The van der Waals surface area contributed by atoms with Crippen LogP contribution in [-0.4, -0.2) is 69.0 Å². The molecule has 6 heteroatoms. The molecule has 0 aromatic heterocycles. The molecule has 0 unspecified atom stereocenters. The monoisotopic (exact) mass is 138 g/mol. The van der Waals surface area contributed by atoms with E-state index in [1.54, 1.807) is 0 Å². The molecule has 16 valence electrons. The van der Waals surface area contributed by atoms with Crippen LogP contribution in [0.3, 0.4) is 0 Å². The Labute approximate surface area is 85.4 Å². The first kappa shape index (κ1) is 12.0. The van der Waals surface area contributed by atoms with Crippen LogP contribution in [0, 0.1) is 0 Å². The Morgan fingerprint density at radius 3 is 0.833 bits per heavy atom. The summed E-state index contributed by atoms with van der Waals surface area (Å²) in [6.07, 6.45) is 0. The number of halogens is 1. The van der Waals surface area contributed by atoms with Crippen LogP contribution in [0.4, 0.5) is 0 Å². The molecule has 0 aliphatic heterocycles. The second kappa shape index (κ2) is 5.11. The quantitative estimate of drug-likeness (QED) is 0.239. The van der Waals surface area contributed by atoms with Gasteiger partial charge in [0, 0.05) is 0 Å². The van der Waals surface area contributed by atoms with Crippen molar-refractivity contribution < 1.29 is 17.0 Å². The van der Waals surface area contributed by atoms with E-state index >= 15 is 0 Å².